The molecule has 2 rings (SSSR count). The molecular formula is C9H8N2O2S2. The molecule has 0 amide bonds. The molecule has 15 heavy (non-hydrogen) atoms. The van der Waals surface area contributed by atoms with Crippen LogP contribution in [0.1, 0.15) is 0 Å². The zero-order valence-corrected chi connectivity index (χ0v) is 9.25. The molecule has 0 aliphatic heterocycles. The normalized spacial score (nSPS) is 11.5. The first-order valence-corrected chi connectivity index (χ1v) is 6.53. The fourth-order valence-corrected chi connectivity index (χ4v) is 2.37. The lowest BCUT2D eigenvalue weighted by Crippen LogP contribution is -2.11. The Hall–Kier alpha value is -1.24. The third-order valence-corrected chi connectivity index (χ3v) is 3.58. The second kappa shape index (κ2) is 3.73. The highest BCUT2D eigenvalue weighted by Gasteiger charge is 2.09. The molecule has 4 nitrogen and oxygen atoms in total. The molecule has 0 saturated heterocycles. The Morgan fingerprint density at radius 3 is 2.73 bits per heavy atom. The molecule has 0 unspecified atom stereocenters. The van der Waals surface area contributed by atoms with Crippen LogP contribution in [0.2, 0.25) is 0 Å². The van der Waals surface area contributed by atoms with Crippen molar-refractivity contribution < 1.29 is 8.42 Å². The van der Waals surface area contributed by atoms with Gasteiger partial charge in [0.15, 0.2) is 0 Å². The molecule has 6 heteroatoms. The van der Waals surface area contributed by atoms with Crippen LogP contribution in [0.15, 0.2) is 40.7 Å². The zero-order valence-electron chi connectivity index (χ0n) is 7.62. The number of nitrogens with zero attached hydrogens (tertiary/aromatic N) is 1. The maximum atomic E-state index is 11.1. The summed E-state index contributed by atoms with van der Waals surface area (Å²) in [4.78, 5) is 4.20. The summed E-state index contributed by atoms with van der Waals surface area (Å²) < 4.78 is 22.2. The number of hydrogen-bond donors (Lipinski definition) is 1. The van der Waals surface area contributed by atoms with Crippen LogP contribution in [0.4, 0.5) is 0 Å². The second-order valence-corrected chi connectivity index (χ2v) is 5.37. The van der Waals surface area contributed by atoms with Crippen LogP contribution >= 0.6 is 11.3 Å². The smallest absolute Gasteiger partial charge is 0.238 e. The topological polar surface area (TPSA) is 73.1 Å². The number of primary sulfonamides is 1. The Balaban J connectivity index is 2.53. The van der Waals surface area contributed by atoms with Crippen molar-refractivity contribution in [3.63, 3.8) is 0 Å². The summed E-state index contributed by atoms with van der Waals surface area (Å²) in [6.07, 6.45) is 1.67. The second-order valence-electron chi connectivity index (χ2n) is 2.91. The maximum absolute atomic E-state index is 11.1. The first-order chi connectivity index (χ1) is 7.07. The SMILES string of the molecule is NS(=O)(=O)c1cccc(-c2nccs2)c1. The lowest BCUT2D eigenvalue weighted by atomic mass is 10.2. The van der Waals surface area contributed by atoms with Gasteiger partial charge >= 0.3 is 0 Å². The number of aromatic nitrogens is 1. The van der Waals surface area contributed by atoms with Crippen molar-refractivity contribution in [2.24, 2.45) is 5.14 Å². The van der Waals surface area contributed by atoms with Gasteiger partial charge in [0.25, 0.3) is 0 Å². The molecule has 0 aliphatic carbocycles. The Labute approximate surface area is 91.4 Å². The Kier molecular flexibility index (Phi) is 2.56. The summed E-state index contributed by atoms with van der Waals surface area (Å²) in [5.41, 5.74) is 0.761. The van der Waals surface area contributed by atoms with Gasteiger partial charge in [0, 0.05) is 17.1 Å². The van der Waals surface area contributed by atoms with E-state index in [1.807, 2.05) is 5.38 Å². The van der Waals surface area contributed by atoms with Crippen LogP contribution in [0.3, 0.4) is 0 Å². The lowest BCUT2D eigenvalue weighted by Gasteiger charge is -2.00. The van der Waals surface area contributed by atoms with Crippen LogP contribution in [-0.2, 0) is 10.0 Å². The van der Waals surface area contributed by atoms with Crippen molar-refractivity contribution in [3.8, 4) is 10.6 Å². The van der Waals surface area contributed by atoms with Crippen LogP contribution < -0.4 is 5.14 Å². The predicted octanol–water partition coefficient (Wildman–Crippen LogP) is 1.46. The number of hydrogen-bond acceptors (Lipinski definition) is 4. The minimum absolute atomic E-state index is 0.107. The summed E-state index contributed by atoms with van der Waals surface area (Å²) in [5.74, 6) is 0. The van der Waals surface area contributed by atoms with E-state index < -0.39 is 10.0 Å². The molecule has 2 N–H and O–H groups in total. The quantitative estimate of drug-likeness (QED) is 0.863. The minimum Gasteiger partial charge on any atom is -0.245 e. The van der Waals surface area contributed by atoms with Crippen LogP contribution in [0.25, 0.3) is 10.6 Å². The van der Waals surface area contributed by atoms with Gasteiger partial charge in [-0.15, -0.1) is 11.3 Å². The highest BCUT2D eigenvalue weighted by molar-refractivity contribution is 7.89. The van der Waals surface area contributed by atoms with E-state index in [0.29, 0.717) is 0 Å². The van der Waals surface area contributed by atoms with E-state index in [9.17, 15) is 8.42 Å². The standard InChI is InChI=1S/C9H8N2O2S2/c10-15(12,13)8-3-1-2-7(6-8)9-11-4-5-14-9/h1-6H,(H2,10,12,13). The lowest BCUT2D eigenvalue weighted by molar-refractivity contribution is 0.598. The van der Waals surface area contributed by atoms with Gasteiger partial charge in [-0.2, -0.15) is 0 Å². The van der Waals surface area contributed by atoms with E-state index >= 15 is 0 Å². The molecule has 1 heterocycles. The van der Waals surface area contributed by atoms with Crippen molar-refractivity contribution in [2.45, 2.75) is 4.90 Å². The third kappa shape index (κ3) is 2.23. The number of sulfonamides is 1. The molecule has 78 valence electrons. The van der Waals surface area contributed by atoms with Crippen molar-refractivity contribution >= 4 is 21.4 Å². The van der Waals surface area contributed by atoms with E-state index in [1.165, 1.54) is 23.5 Å². The Morgan fingerprint density at radius 1 is 1.33 bits per heavy atom. The number of nitrogens with two attached hydrogens (primary N) is 1. The fourth-order valence-electron chi connectivity index (χ4n) is 1.17. The van der Waals surface area contributed by atoms with E-state index in [4.69, 9.17) is 5.14 Å². The molecule has 0 saturated carbocycles. The fraction of sp³-hybridized carbons (Fsp3) is 0. The van der Waals surface area contributed by atoms with Crippen LogP contribution in [0, 0.1) is 0 Å². The minimum atomic E-state index is -3.64. The van der Waals surface area contributed by atoms with Gasteiger partial charge in [0.2, 0.25) is 10.0 Å². The van der Waals surface area contributed by atoms with Crippen molar-refractivity contribution in [2.75, 3.05) is 0 Å². The molecule has 2 aromatic rings. The van der Waals surface area contributed by atoms with Gasteiger partial charge in [-0.05, 0) is 12.1 Å². The summed E-state index contributed by atoms with van der Waals surface area (Å²) in [5, 5.41) is 7.64. The molecule has 1 aromatic heterocycles. The number of benzene rings is 1. The van der Waals surface area contributed by atoms with E-state index in [0.717, 1.165) is 10.6 Å². The first kappa shape index (κ1) is 10.3. The Bertz CT molecular complexity index is 562. The van der Waals surface area contributed by atoms with E-state index in [2.05, 4.69) is 4.98 Å². The molecular weight excluding hydrogens is 232 g/mol. The van der Waals surface area contributed by atoms with Gasteiger partial charge < -0.3 is 0 Å². The molecule has 0 radical (unpaired) electrons. The molecule has 0 spiro atoms. The van der Waals surface area contributed by atoms with Crippen LogP contribution in [0.5, 0.6) is 0 Å². The Morgan fingerprint density at radius 2 is 2.13 bits per heavy atom. The van der Waals surface area contributed by atoms with Gasteiger partial charge in [-0.25, -0.2) is 18.5 Å². The molecule has 1 aromatic carbocycles. The third-order valence-electron chi connectivity index (χ3n) is 1.84. The largest absolute Gasteiger partial charge is 0.245 e. The van der Waals surface area contributed by atoms with E-state index in [1.54, 1.807) is 18.3 Å². The molecule has 0 bridgehead atoms. The number of thiazole rings is 1. The zero-order chi connectivity index (χ0) is 10.9. The monoisotopic (exact) mass is 240 g/mol. The average molecular weight is 240 g/mol. The van der Waals surface area contributed by atoms with E-state index in [-0.39, 0.29) is 4.90 Å². The average Bonchev–Trinajstić information content (AvgIpc) is 2.69. The van der Waals surface area contributed by atoms with Gasteiger partial charge in [-0.3, -0.25) is 0 Å². The maximum Gasteiger partial charge on any atom is 0.238 e. The predicted molar refractivity (Wildman–Crippen MR) is 58.9 cm³/mol. The molecule has 0 aliphatic rings. The highest BCUT2D eigenvalue weighted by atomic mass is 32.2. The van der Waals surface area contributed by atoms with Crippen molar-refractivity contribution in [1.29, 1.82) is 0 Å². The van der Waals surface area contributed by atoms with Gasteiger partial charge in [0.1, 0.15) is 5.01 Å². The number of rotatable bonds is 2. The highest BCUT2D eigenvalue weighted by Crippen LogP contribution is 2.23. The molecule has 0 fully saturated rings. The summed E-state index contributed by atoms with van der Waals surface area (Å²) in [6, 6.07) is 6.44. The summed E-state index contributed by atoms with van der Waals surface area (Å²) >= 11 is 1.45. The first-order valence-electron chi connectivity index (χ1n) is 4.10. The summed E-state index contributed by atoms with van der Waals surface area (Å²) in [7, 11) is -3.64. The van der Waals surface area contributed by atoms with Gasteiger partial charge in [0.05, 0.1) is 4.90 Å². The molecule has 0 atom stereocenters. The van der Waals surface area contributed by atoms with Crippen LogP contribution in [-0.4, -0.2) is 13.4 Å². The summed E-state index contributed by atoms with van der Waals surface area (Å²) in [6.45, 7) is 0. The van der Waals surface area contributed by atoms with Crippen molar-refractivity contribution in [3.05, 3.63) is 35.8 Å². The van der Waals surface area contributed by atoms with Gasteiger partial charge in [-0.1, -0.05) is 12.1 Å². The van der Waals surface area contributed by atoms with Crippen molar-refractivity contribution in [1.82, 2.24) is 4.98 Å².